The summed E-state index contributed by atoms with van der Waals surface area (Å²) in [6.07, 6.45) is 2.28. The van der Waals surface area contributed by atoms with E-state index in [0.717, 1.165) is 39.8 Å². The Morgan fingerprint density at radius 2 is 0.605 bits per heavy atom. The maximum Gasteiger partial charge on any atom is 0.310 e. The van der Waals surface area contributed by atoms with E-state index in [2.05, 4.69) is 125 Å². The summed E-state index contributed by atoms with van der Waals surface area (Å²) in [4.78, 5) is 14.0. The van der Waals surface area contributed by atoms with E-state index >= 15 is 8.42 Å². The average Bonchev–Trinajstić information content (AvgIpc) is 1.69. The number of benzene rings is 6. The highest BCUT2D eigenvalue weighted by atomic mass is 32.2. The molecule has 0 unspecified atom stereocenters. The van der Waals surface area contributed by atoms with Crippen LogP contribution in [0.1, 0.15) is 258 Å². The number of phenols is 5. The summed E-state index contributed by atoms with van der Waals surface area (Å²) < 4.78 is 37.2. The van der Waals surface area contributed by atoms with E-state index in [1.165, 1.54) is 0 Å². The Morgan fingerprint density at radius 3 is 0.791 bits per heavy atom. The Balaban J connectivity index is 1.37. The van der Waals surface area contributed by atoms with Gasteiger partial charge in [-0.15, -0.1) is 0 Å². The SMILES string of the molecule is CC(C)(C)c1cc2c(O)c(c1)Cc1cc(C(C)(C)C)cc(c1O)Cc1cc(C(C)(C)C)cc(c1O)Cc1cc(C(C)(C)C)cc(c1OS(=O)(=O)C[C@]13CC[C@H](CC1=O)C3(C)C)Cc1cc(C(C)(C)C)cc(c1O)Cc1cc(C(C)(C)C)cc(c1O)C2. The quantitative estimate of drug-likeness (QED) is 0.108. The lowest BCUT2D eigenvalue weighted by molar-refractivity contribution is -0.128. The molecule has 10 heteroatoms. The van der Waals surface area contributed by atoms with Crippen LogP contribution < -0.4 is 4.18 Å². The first-order valence-corrected chi connectivity index (χ1v) is 32.7. The molecule has 86 heavy (non-hydrogen) atoms. The van der Waals surface area contributed by atoms with Crippen molar-refractivity contribution in [3.05, 3.63) is 173 Å². The normalized spacial score (nSPS) is 18.7. The molecule has 0 heterocycles. The summed E-state index contributed by atoms with van der Waals surface area (Å²) >= 11 is 0. The third-order valence-electron chi connectivity index (χ3n) is 19.8. The van der Waals surface area contributed by atoms with E-state index in [0.29, 0.717) is 79.6 Å². The molecule has 9 rings (SSSR count). The first kappa shape index (κ1) is 64.2. The number of ketones is 1. The van der Waals surface area contributed by atoms with Crippen LogP contribution in [-0.4, -0.2) is 45.5 Å². The lowest BCUT2D eigenvalue weighted by Crippen LogP contribution is -2.43. The number of carbonyl (C=O) groups is 1. The zero-order chi connectivity index (χ0) is 63.8. The molecule has 0 aromatic heterocycles. The van der Waals surface area contributed by atoms with Gasteiger partial charge >= 0.3 is 10.1 Å². The largest absolute Gasteiger partial charge is 0.507 e. The maximum absolute atomic E-state index is 15.3. The first-order chi connectivity index (χ1) is 39.3. The number of hydrogen-bond donors (Lipinski definition) is 5. The Labute approximate surface area is 514 Å². The lowest BCUT2D eigenvalue weighted by Gasteiger charge is -2.36. The molecule has 2 atom stereocenters. The van der Waals surface area contributed by atoms with Crippen LogP contribution in [0.5, 0.6) is 34.5 Å². The van der Waals surface area contributed by atoms with Crippen molar-refractivity contribution >= 4 is 15.9 Å². The average molecular weight is 1190 g/mol. The van der Waals surface area contributed by atoms with Gasteiger partial charge in [-0.25, -0.2) is 0 Å². The minimum absolute atomic E-state index is 0.00156. The fourth-order valence-electron chi connectivity index (χ4n) is 13.7. The number of rotatable bonds is 4. The number of carbonyl (C=O) groups excluding carboxylic acids is 1. The Kier molecular flexibility index (Phi) is 16.1. The molecule has 462 valence electrons. The molecule has 3 aliphatic carbocycles. The second-order valence-electron chi connectivity index (χ2n) is 32.9. The summed E-state index contributed by atoms with van der Waals surface area (Å²) in [6.45, 7) is 42.2. The first-order valence-electron chi connectivity index (χ1n) is 31.2. The molecule has 0 amide bonds. The number of fused-ring (bicyclic) bond motifs is 14. The molecule has 0 radical (unpaired) electrons. The van der Waals surface area contributed by atoms with E-state index < -0.39 is 42.9 Å². The number of phenolic OH excluding ortho intramolecular Hbond substituents is 5. The fraction of sp³-hybridized carbons (Fsp3) is 0.513. The molecular weight excluding hydrogens is 1090 g/mol. The third kappa shape index (κ3) is 12.5. The van der Waals surface area contributed by atoms with Gasteiger partial charge in [-0.3, -0.25) is 4.79 Å². The molecule has 2 fully saturated rings. The standard InChI is InChI=1S/C76H98O9S/c1-69(2,3)56-29-43-23-45-31-57(70(4,5)6)33-47(64(45)79)25-49-35-59(72(10,11)12)37-51(66(49)81)27-53-39-61(74(16,17)18)40-54(68(53)85-86(83,84)42-76-22-21-55(41-62(76)77)75(76,19)20)28-52-38-60(73(13,14)15)36-50(67(52)82)26-48-34-58(71(7,8)9)32-46(65(48)80)24-44(30-56)63(43)78/h29-40,55,78-82H,21-28,41-42H2,1-20H3/t55-,76-/m1/s1. The Hall–Kier alpha value is -6.26. The second-order valence-corrected chi connectivity index (χ2v) is 34.4. The van der Waals surface area contributed by atoms with Crippen molar-refractivity contribution < 1.29 is 42.9 Å². The molecule has 0 spiro atoms. The summed E-state index contributed by atoms with van der Waals surface area (Å²) in [5.41, 5.74) is 8.45. The predicted molar refractivity (Wildman–Crippen MR) is 349 cm³/mol. The topological polar surface area (TPSA) is 162 Å². The highest BCUT2D eigenvalue weighted by Gasteiger charge is 2.65. The molecule has 9 nitrogen and oxygen atoms in total. The van der Waals surface area contributed by atoms with E-state index in [9.17, 15) is 30.3 Å². The van der Waals surface area contributed by atoms with E-state index in [1.807, 2.05) is 86.6 Å². The van der Waals surface area contributed by atoms with Gasteiger partial charge in [0.05, 0.1) is 11.2 Å². The minimum Gasteiger partial charge on any atom is -0.507 e. The summed E-state index contributed by atoms with van der Waals surface area (Å²) in [7, 11) is -4.52. The minimum atomic E-state index is -4.52. The van der Waals surface area contributed by atoms with Crippen LogP contribution in [0.3, 0.4) is 0 Å². The van der Waals surface area contributed by atoms with Gasteiger partial charge in [-0.2, -0.15) is 8.42 Å². The fourth-order valence-corrected chi connectivity index (χ4v) is 15.5. The van der Waals surface area contributed by atoms with Crippen LogP contribution >= 0.6 is 0 Å². The van der Waals surface area contributed by atoms with E-state index in [1.54, 1.807) is 0 Å². The van der Waals surface area contributed by atoms with Gasteiger partial charge in [0.2, 0.25) is 0 Å². The molecular formula is C76H98O9S. The molecule has 0 saturated heterocycles. The highest BCUT2D eigenvalue weighted by Crippen LogP contribution is 2.64. The number of hydrogen-bond acceptors (Lipinski definition) is 9. The van der Waals surface area contributed by atoms with Crippen molar-refractivity contribution in [1.29, 1.82) is 0 Å². The molecule has 0 aliphatic heterocycles. The molecule has 6 aromatic rings. The molecule has 3 aliphatic rings. The zero-order valence-corrected chi connectivity index (χ0v) is 56.2. The van der Waals surface area contributed by atoms with Crippen LogP contribution in [0.2, 0.25) is 0 Å². The Morgan fingerprint density at radius 1 is 0.395 bits per heavy atom. The van der Waals surface area contributed by atoms with Crippen LogP contribution in [-0.2, 0) is 85.9 Å². The summed E-state index contributed by atoms with van der Waals surface area (Å²) in [6, 6.07) is 24.1. The van der Waals surface area contributed by atoms with Gasteiger partial charge in [-0.1, -0.05) is 211 Å². The molecule has 14 bridgehead atoms. The van der Waals surface area contributed by atoms with Gasteiger partial charge in [0, 0.05) is 56.1 Å². The second kappa shape index (κ2) is 21.5. The van der Waals surface area contributed by atoms with Crippen LogP contribution in [0, 0.1) is 16.7 Å². The van der Waals surface area contributed by atoms with Crippen LogP contribution in [0.15, 0.2) is 72.8 Å². The van der Waals surface area contributed by atoms with Gasteiger partial charge in [0.15, 0.2) is 0 Å². The van der Waals surface area contributed by atoms with Gasteiger partial charge in [0.1, 0.15) is 40.3 Å². The Bertz CT molecular complexity index is 3630. The van der Waals surface area contributed by atoms with Gasteiger partial charge < -0.3 is 29.7 Å². The van der Waals surface area contributed by atoms with Crippen molar-refractivity contribution in [2.45, 2.75) is 229 Å². The van der Waals surface area contributed by atoms with Gasteiger partial charge in [-0.05, 0) is 146 Å². The maximum atomic E-state index is 15.3. The molecule has 5 N–H and O–H groups in total. The smallest absolute Gasteiger partial charge is 0.310 e. The van der Waals surface area contributed by atoms with Crippen molar-refractivity contribution in [3.8, 4) is 34.5 Å². The van der Waals surface area contributed by atoms with Crippen molar-refractivity contribution in [1.82, 2.24) is 0 Å². The van der Waals surface area contributed by atoms with Crippen LogP contribution in [0.4, 0.5) is 0 Å². The van der Waals surface area contributed by atoms with Crippen molar-refractivity contribution in [2.24, 2.45) is 16.7 Å². The molecule has 2 saturated carbocycles. The molecule has 6 aromatic carbocycles. The lowest BCUT2D eigenvalue weighted by atomic mass is 9.70. The van der Waals surface area contributed by atoms with Crippen molar-refractivity contribution in [2.75, 3.05) is 5.75 Å². The van der Waals surface area contributed by atoms with Crippen molar-refractivity contribution in [3.63, 3.8) is 0 Å². The van der Waals surface area contributed by atoms with Gasteiger partial charge in [0.25, 0.3) is 0 Å². The summed E-state index contributed by atoms with van der Waals surface area (Å²) in [5.74, 6) is -0.166. The monoisotopic (exact) mass is 1190 g/mol. The summed E-state index contributed by atoms with van der Waals surface area (Å²) in [5, 5.41) is 63.9. The van der Waals surface area contributed by atoms with E-state index in [4.69, 9.17) is 4.18 Å². The zero-order valence-electron chi connectivity index (χ0n) is 55.4. The highest BCUT2D eigenvalue weighted by molar-refractivity contribution is 7.87. The number of aromatic hydroxyl groups is 5. The van der Waals surface area contributed by atoms with Crippen LogP contribution in [0.25, 0.3) is 0 Å². The predicted octanol–water partition coefficient (Wildman–Crippen LogP) is 17.0. The van der Waals surface area contributed by atoms with E-state index in [-0.39, 0.29) is 101 Å². The number of Topliss-reactive ketones (excluding diaryl/α,β-unsaturated/α-hetero) is 1. The third-order valence-corrected chi connectivity index (χ3v) is 21.1.